The van der Waals surface area contributed by atoms with E-state index in [1.54, 1.807) is 0 Å². The molecule has 0 radical (unpaired) electrons. The van der Waals surface area contributed by atoms with Gasteiger partial charge in [0, 0.05) is 17.8 Å². The van der Waals surface area contributed by atoms with Crippen molar-refractivity contribution >= 4 is 23.3 Å². The largest absolute Gasteiger partial charge is 0.354 e. The molecule has 114 valence electrons. The normalized spacial score (nSPS) is 11.5. The first kappa shape index (κ1) is 14.8. The number of carbonyl (C=O) groups is 1. The number of nitrogens with one attached hydrogen (secondary N) is 2. The third-order valence-electron chi connectivity index (χ3n) is 3.47. The quantitative estimate of drug-likeness (QED) is 0.541. The zero-order valence-corrected chi connectivity index (χ0v) is 12.6. The maximum atomic E-state index is 11.5. The fourth-order valence-corrected chi connectivity index (χ4v) is 2.33. The molecular weight excluding hydrogens is 286 g/mol. The predicted octanol–water partition coefficient (Wildman–Crippen LogP) is 3.53. The molecule has 4 nitrogen and oxygen atoms in total. The van der Waals surface area contributed by atoms with Crippen molar-refractivity contribution < 1.29 is 9.36 Å². The van der Waals surface area contributed by atoms with Gasteiger partial charge in [0.05, 0.1) is 11.4 Å². The SMILES string of the molecule is O=CC(Nc1ccccc1Nc1ccccc1)[n+]1ccccc1. The predicted molar refractivity (Wildman–Crippen MR) is 91.5 cm³/mol. The Morgan fingerprint density at radius 2 is 1.39 bits per heavy atom. The minimum absolute atomic E-state index is 0.463. The number of rotatable bonds is 6. The lowest BCUT2D eigenvalue weighted by Crippen LogP contribution is -2.44. The van der Waals surface area contributed by atoms with E-state index in [1.807, 2.05) is 89.8 Å². The molecule has 3 aromatic rings. The van der Waals surface area contributed by atoms with Crippen LogP contribution in [0, 0.1) is 0 Å². The van der Waals surface area contributed by atoms with Crippen LogP contribution in [-0.2, 0) is 4.79 Å². The number of para-hydroxylation sites is 3. The topological polar surface area (TPSA) is 45.0 Å². The highest BCUT2D eigenvalue weighted by Crippen LogP contribution is 2.26. The fourth-order valence-electron chi connectivity index (χ4n) is 2.33. The van der Waals surface area contributed by atoms with E-state index < -0.39 is 6.17 Å². The lowest BCUT2D eigenvalue weighted by atomic mass is 10.2. The molecule has 1 unspecified atom stereocenters. The molecule has 0 saturated heterocycles. The Balaban J connectivity index is 1.84. The first-order valence-corrected chi connectivity index (χ1v) is 7.45. The van der Waals surface area contributed by atoms with Crippen LogP contribution in [0.1, 0.15) is 6.17 Å². The number of benzene rings is 2. The maximum Gasteiger partial charge on any atom is 0.288 e. The molecule has 2 N–H and O–H groups in total. The molecule has 0 fully saturated rings. The van der Waals surface area contributed by atoms with Gasteiger partial charge in [-0.05, 0) is 24.3 Å². The first-order chi connectivity index (χ1) is 11.4. The summed E-state index contributed by atoms with van der Waals surface area (Å²) in [6.07, 6.45) is 4.15. The van der Waals surface area contributed by atoms with Gasteiger partial charge in [-0.15, -0.1) is 0 Å². The minimum Gasteiger partial charge on any atom is -0.354 e. The van der Waals surface area contributed by atoms with Crippen LogP contribution in [0.5, 0.6) is 0 Å². The molecule has 0 aliphatic carbocycles. The van der Waals surface area contributed by atoms with E-state index in [9.17, 15) is 4.79 Å². The summed E-state index contributed by atoms with van der Waals surface area (Å²) < 4.78 is 1.83. The summed E-state index contributed by atoms with van der Waals surface area (Å²) >= 11 is 0. The third-order valence-corrected chi connectivity index (χ3v) is 3.47. The van der Waals surface area contributed by atoms with Gasteiger partial charge in [-0.2, -0.15) is 4.57 Å². The number of hydrogen-bond donors (Lipinski definition) is 2. The van der Waals surface area contributed by atoms with Gasteiger partial charge in [-0.3, -0.25) is 4.79 Å². The number of hydrogen-bond acceptors (Lipinski definition) is 3. The molecule has 0 spiro atoms. The van der Waals surface area contributed by atoms with Crippen molar-refractivity contribution in [1.29, 1.82) is 0 Å². The van der Waals surface area contributed by atoms with Gasteiger partial charge in [-0.1, -0.05) is 36.4 Å². The zero-order chi connectivity index (χ0) is 15.9. The number of nitrogens with zero attached hydrogens (tertiary/aromatic N) is 1. The summed E-state index contributed by atoms with van der Waals surface area (Å²) in [5, 5.41) is 6.63. The van der Waals surface area contributed by atoms with Crippen molar-refractivity contribution in [2.24, 2.45) is 0 Å². The molecule has 0 aliphatic heterocycles. The van der Waals surface area contributed by atoms with Gasteiger partial charge in [-0.25, -0.2) is 0 Å². The number of aldehydes is 1. The first-order valence-electron chi connectivity index (χ1n) is 7.45. The summed E-state index contributed by atoms with van der Waals surface area (Å²) in [5.41, 5.74) is 2.78. The summed E-state index contributed by atoms with van der Waals surface area (Å²) in [4.78, 5) is 11.5. The highest BCUT2D eigenvalue weighted by molar-refractivity contribution is 5.76. The van der Waals surface area contributed by atoms with Gasteiger partial charge >= 0.3 is 0 Å². The van der Waals surface area contributed by atoms with Crippen molar-refractivity contribution in [1.82, 2.24) is 0 Å². The average molecular weight is 304 g/mol. The Labute approximate surface area is 135 Å². The molecule has 1 heterocycles. The Bertz CT molecular complexity index is 760. The summed E-state index contributed by atoms with van der Waals surface area (Å²) in [5.74, 6) is 0. The Kier molecular flexibility index (Phi) is 4.64. The van der Waals surface area contributed by atoms with E-state index >= 15 is 0 Å². The van der Waals surface area contributed by atoms with Gasteiger partial charge in [0.2, 0.25) is 6.29 Å². The van der Waals surface area contributed by atoms with E-state index in [0.29, 0.717) is 0 Å². The molecular formula is C19H18N3O+. The second kappa shape index (κ2) is 7.22. The molecule has 1 atom stereocenters. The van der Waals surface area contributed by atoms with Crippen LogP contribution in [0.15, 0.2) is 85.2 Å². The Hall–Kier alpha value is -3.14. The van der Waals surface area contributed by atoms with Gasteiger partial charge < -0.3 is 10.6 Å². The van der Waals surface area contributed by atoms with E-state index in [2.05, 4.69) is 10.6 Å². The van der Waals surface area contributed by atoms with Crippen molar-refractivity contribution in [2.45, 2.75) is 6.17 Å². The van der Waals surface area contributed by atoms with Crippen molar-refractivity contribution in [3.05, 3.63) is 85.2 Å². The Morgan fingerprint density at radius 1 is 0.783 bits per heavy atom. The molecule has 0 amide bonds. The monoisotopic (exact) mass is 304 g/mol. The number of carbonyl (C=O) groups excluding carboxylic acids is 1. The van der Waals surface area contributed by atoms with E-state index in [1.165, 1.54) is 0 Å². The molecule has 1 aromatic heterocycles. The van der Waals surface area contributed by atoms with E-state index in [0.717, 1.165) is 23.3 Å². The molecule has 0 saturated carbocycles. The standard InChI is InChI=1S/C19H18N3O/c23-15-19(22-13-7-2-8-14-22)21-18-12-6-5-11-17(18)20-16-9-3-1-4-10-16/h1-15,19-21H/q+1. The molecule has 23 heavy (non-hydrogen) atoms. The summed E-state index contributed by atoms with van der Waals surface area (Å²) in [7, 11) is 0. The van der Waals surface area contributed by atoms with Crippen LogP contribution in [0.2, 0.25) is 0 Å². The van der Waals surface area contributed by atoms with Gasteiger partial charge in [0.25, 0.3) is 6.17 Å². The molecule has 0 aliphatic rings. The second-order valence-electron chi connectivity index (χ2n) is 5.08. The van der Waals surface area contributed by atoms with Gasteiger partial charge in [0.1, 0.15) is 0 Å². The van der Waals surface area contributed by atoms with Crippen LogP contribution in [0.3, 0.4) is 0 Å². The van der Waals surface area contributed by atoms with Crippen LogP contribution >= 0.6 is 0 Å². The molecule has 3 rings (SSSR count). The van der Waals surface area contributed by atoms with Crippen LogP contribution in [-0.4, -0.2) is 6.29 Å². The second-order valence-corrected chi connectivity index (χ2v) is 5.08. The number of pyridine rings is 1. The maximum absolute atomic E-state index is 11.5. The Morgan fingerprint density at radius 3 is 2.09 bits per heavy atom. The van der Waals surface area contributed by atoms with Crippen LogP contribution in [0.4, 0.5) is 17.1 Å². The molecule has 4 heteroatoms. The summed E-state index contributed by atoms with van der Waals surface area (Å²) in [6, 6.07) is 23.5. The smallest absolute Gasteiger partial charge is 0.288 e. The van der Waals surface area contributed by atoms with Crippen molar-refractivity contribution in [2.75, 3.05) is 10.6 Å². The average Bonchev–Trinajstić information content (AvgIpc) is 2.62. The highest BCUT2D eigenvalue weighted by Gasteiger charge is 2.17. The van der Waals surface area contributed by atoms with Gasteiger partial charge in [0.15, 0.2) is 12.4 Å². The summed E-state index contributed by atoms with van der Waals surface area (Å²) in [6.45, 7) is 0. The molecule has 2 aromatic carbocycles. The van der Waals surface area contributed by atoms with Crippen molar-refractivity contribution in [3.8, 4) is 0 Å². The van der Waals surface area contributed by atoms with Crippen LogP contribution in [0.25, 0.3) is 0 Å². The fraction of sp³-hybridized carbons (Fsp3) is 0.0526. The van der Waals surface area contributed by atoms with Crippen LogP contribution < -0.4 is 15.2 Å². The number of aromatic nitrogens is 1. The minimum atomic E-state index is -0.463. The highest BCUT2D eigenvalue weighted by atomic mass is 16.1. The lowest BCUT2D eigenvalue weighted by Gasteiger charge is -2.15. The molecule has 0 bridgehead atoms. The van der Waals surface area contributed by atoms with Crippen molar-refractivity contribution in [3.63, 3.8) is 0 Å². The number of anilines is 3. The zero-order valence-electron chi connectivity index (χ0n) is 12.6. The third kappa shape index (κ3) is 3.74. The lowest BCUT2D eigenvalue weighted by molar-refractivity contribution is -0.701. The van der Waals surface area contributed by atoms with E-state index in [-0.39, 0.29) is 0 Å². The van der Waals surface area contributed by atoms with E-state index in [4.69, 9.17) is 0 Å².